The quantitative estimate of drug-likeness (QED) is 0.737. The fraction of sp³-hybridized carbons (Fsp3) is 0.304. The topological polar surface area (TPSA) is 34.1 Å². The van der Waals surface area contributed by atoms with Crippen LogP contribution in [0, 0.1) is 5.41 Å². The van der Waals surface area contributed by atoms with Gasteiger partial charge in [0, 0.05) is 11.7 Å². The van der Waals surface area contributed by atoms with Crippen LogP contribution >= 0.6 is 0 Å². The average Bonchev–Trinajstić information content (AvgIpc) is 3.03. The summed E-state index contributed by atoms with van der Waals surface area (Å²) in [7, 11) is -3.17. The SMILES string of the molecule is CCc1ccc(C2=CC3(C=C2c2ccc(S(C)(=O)=O)cc2)CCC3)cc1. The van der Waals surface area contributed by atoms with Crippen LogP contribution < -0.4 is 0 Å². The fourth-order valence-corrected chi connectivity index (χ4v) is 4.56. The first-order valence-electron chi connectivity index (χ1n) is 9.26. The zero-order valence-corrected chi connectivity index (χ0v) is 16.1. The maximum atomic E-state index is 11.7. The van der Waals surface area contributed by atoms with Gasteiger partial charge in [0.15, 0.2) is 9.84 Å². The number of aryl methyl sites for hydroxylation is 1. The van der Waals surface area contributed by atoms with Crippen LogP contribution in [0.15, 0.2) is 65.6 Å². The van der Waals surface area contributed by atoms with Crippen molar-refractivity contribution in [3.63, 3.8) is 0 Å². The smallest absolute Gasteiger partial charge is 0.175 e. The Morgan fingerprint density at radius 2 is 1.35 bits per heavy atom. The van der Waals surface area contributed by atoms with Gasteiger partial charge in [0.1, 0.15) is 0 Å². The first-order valence-corrected chi connectivity index (χ1v) is 11.2. The van der Waals surface area contributed by atoms with Crippen LogP contribution in [0.1, 0.15) is 42.9 Å². The third-order valence-corrected chi connectivity index (χ3v) is 6.83. The number of rotatable bonds is 4. The molecule has 2 aliphatic carbocycles. The Balaban J connectivity index is 1.75. The standard InChI is InChI=1S/C23H24O2S/c1-3-17-5-7-18(8-6-17)21-15-23(13-4-14-23)16-22(21)19-9-11-20(12-10-19)26(2,24)25/h5-12,15-16H,3-4,13-14H2,1-2H3. The fourth-order valence-electron chi connectivity index (χ4n) is 3.93. The molecule has 1 saturated carbocycles. The third kappa shape index (κ3) is 3.05. The van der Waals surface area contributed by atoms with E-state index in [1.54, 1.807) is 12.1 Å². The lowest BCUT2D eigenvalue weighted by molar-refractivity contribution is 0.282. The van der Waals surface area contributed by atoms with Crippen molar-refractivity contribution in [1.29, 1.82) is 0 Å². The molecule has 1 fully saturated rings. The molecule has 2 aromatic rings. The van der Waals surface area contributed by atoms with Gasteiger partial charge in [0.25, 0.3) is 0 Å². The highest BCUT2D eigenvalue weighted by molar-refractivity contribution is 7.90. The Kier molecular flexibility index (Phi) is 4.15. The van der Waals surface area contributed by atoms with Crippen LogP contribution in [0.3, 0.4) is 0 Å². The molecule has 2 nitrogen and oxygen atoms in total. The molecule has 4 rings (SSSR count). The predicted octanol–water partition coefficient (Wildman–Crippen LogP) is 5.30. The Labute approximate surface area is 156 Å². The molecule has 0 heterocycles. The number of benzene rings is 2. The molecule has 0 atom stereocenters. The number of hydrogen-bond acceptors (Lipinski definition) is 2. The van der Waals surface area contributed by atoms with Gasteiger partial charge in [-0.2, -0.15) is 0 Å². The highest BCUT2D eigenvalue weighted by Crippen LogP contribution is 2.53. The summed E-state index contributed by atoms with van der Waals surface area (Å²) in [5.74, 6) is 0. The molecule has 134 valence electrons. The van der Waals surface area contributed by atoms with Crippen LogP contribution in [0.25, 0.3) is 11.1 Å². The van der Waals surface area contributed by atoms with Gasteiger partial charge in [-0.05, 0) is 59.2 Å². The van der Waals surface area contributed by atoms with E-state index in [0.717, 1.165) is 12.0 Å². The summed E-state index contributed by atoms with van der Waals surface area (Å²) in [6.07, 6.45) is 10.8. The van der Waals surface area contributed by atoms with Crippen molar-refractivity contribution >= 4 is 21.0 Å². The molecule has 0 bridgehead atoms. The molecule has 0 radical (unpaired) electrons. The number of sulfone groups is 1. The molecular weight excluding hydrogens is 340 g/mol. The zero-order valence-electron chi connectivity index (χ0n) is 15.3. The second-order valence-electron chi connectivity index (χ2n) is 7.55. The lowest BCUT2D eigenvalue weighted by atomic mass is 9.70. The normalized spacial score (nSPS) is 18.4. The summed E-state index contributed by atoms with van der Waals surface area (Å²) in [5, 5.41) is 0. The Hall–Kier alpha value is -2.13. The maximum Gasteiger partial charge on any atom is 0.175 e. The van der Waals surface area contributed by atoms with Gasteiger partial charge >= 0.3 is 0 Å². The van der Waals surface area contributed by atoms with Crippen molar-refractivity contribution in [2.24, 2.45) is 5.41 Å². The molecule has 0 unspecified atom stereocenters. The van der Waals surface area contributed by atoms with Gasteiger partial charge in [-0.1, -0.05) is 61.9 Å². The molecule has 2 aliphatic rings. The molecular formula is C23H24O2S. The van der Waals surface area contributed by atoms with Gasteiger partial charge in [-0.15, -0.1) is 0 Å². The van der Waals surface area contributed by atoms with Gasteiger partial charge in [0.05, 0.1) is 4.90 Å². The summed E-state index contributed by atoms with van der Waals surface area (Å²) in [6.45, 7) is 2.17. The summed E-state index contributed by atoms with van der Waals surface area (Å²) >= 11 is 0. The maximum absolute atomic E-state index is 11.7. The van der Waals surface area contributed by atoms with Crippen molar-refractivity contribution in [2.45, 2.75) is 37.5 Å². The van der Waals surface area contributed by atoms with E-state index in [1.807, 2.05) is 12.1 Å². The van der Waals surface area contributed by atoms with E-state index in [9.17, 15) is 8.42 Å². The van der Waals surface area contributed by atoms with Crippen molar-refractivity contribution < 1.29 is 8.42 Å². The lowest BCUT2D eigenvalue weighted by Gasteiger charge is -2.34. The first-order chi connectivity index (χ1) is 12.4. The summed E-state index contributed by atoms with van der Waals surface area (Å²) in [6, 6.07) is 16.1. The van der Waals surface area contributed by atoms with Crippen LogP contribution in [0.2, 0.25) is 0 Å². The number of allylic oxidation sites excluding steroid dienone is 4. The highest BCUT2D eigenvalue weighted by Gasteiger charge is 2.38. The van der Waals surface area contributed by atoms with E-state index in [0.29, 0.717) is 4.90 Å². The molecule has 0 amide bonds. The molecule has 1 spiro atoms. The Morgan fingerprint density at radius 1 is 0.846 bits per heavy atom. The molecule has 2 aromatic carbocycles. The van der Waals surface area contributed by atoms with E-state index in [-0.39, 0.29) is 5.41 Å². The van der Waals surface area contributed by atoms with Crippen LogP contribution in [-0.4, -0.2) is 14.7 Å². The number of hydrogen-bond donors (Lipinski definition) is 0. The predicted molar refractivity (Wildman–Crippen MR) is 108 cm³/mol. The largest absolute Gasteiger partial charge is 0.224 e. The van der Waals surface area contributed by atoms with Crippen molar-refractivity contribution in [1.82, 2.24) is 0 Å². The minimum atomic E-state index is -3.17. The van der Waals surface area contributed by atoms with Crippen LogP contribution in [-0.2, 0) is 16.3 Å². The summed E-state index contributed by atoms with van der Waals surface area (Å²) in [4.78, 5) is 0.371. The molecule has 0 saturated heterocycles. The lowest BCUT2D eigenvalue weighted by Crippen LogP contribution is -2.22. The third-order valence-electron chi connectivity index (χ3n) is 5.70. The average molecular weight is 365 g/mol. The molecule has 0 N–H and O–H groups in total. The second-order valence-corrected chi connectivity index (χ2v) is 9.57. The molecule has 3 heteroatoms. The second kappa shape index (κ2) is 6.24. The van der Waals surface area contributed by atoms with E-state index >= 15 is 0 Å². The Morgan fingerprint density at radius 3 is 1.73 bits per heavy atom. The minimum Gasteiger partial charge on any atom is -0.224 e. The summed E-state index contributed by atoms with van der Waals surface area (Å²) in [5.41, 5.74) is 6.38. The zero-order chi connectivity index (χ0) is 18.4. The van der Waals surface area contributed by atoms with Gasteiger partial charge < -0.3 is 0 Å². The van der Waals surface area contributed by atoms with Gasteiger partial charge in [-0.3, -0.25) is 0 Å². The highest BCUT2D eigenvalue weighted by atomic mass is 32.2. The monoisotopic (exact) mass is 364 g/mol. The molecule has 0 aromatic heterocycles. The van der Waals surface area contributed by atoms with Crippen molar-refractivity contribution in [3.8, 4) is 0 Å². The van der Waals surface area contributed by atoms with E-state index < -0.39 is 9.84 Å². The Bertz CT molecular complexity index is 987. The van der Waals surface area contributed by atoms with Gasteiger partial charge in [0.2, 0.25) is 0 Å². The first kappa shape index (κ1) is 17.3. The van der Waals surface area contributed by atoms with Gasteiger partial charge in [-0.25, -0.2) is 8.42 Å². The van der Waals surface area contributed by atoms with Crippen molar-refractivity contribution in [3.05, 3.63) is 77.4 Å². The van der Waals surface area contributed by atoms with Crippen molar-refractivity contribution in [2.75, 3.05) is 6.26 Å². The molecule has 26 heavy (non-hydrogen) atoms. The van der Waals surface area contributed by atoms with Crippen LogP contribution in [0.5, 0.6) is 0 Å². The van der Waals surface area contributed by atoms with Crippen LogP contribution in [0.4, 0.5) is 0 Å². The van der Waals surface area contributed by atoms with E-state index in [1.165, 1.54) is 47.8 Å². The minimum absolute atomic E-state index is 0.198. The van der Waals surface area contributed by atoms with E-state index in [4.69, 9.17) is 0 Å². The summed E-state index contributed by atoms with van der Waals surface area (Å²) < 4.78 is 23.5. The molecule has 0 aliphatic heterocycles. The van der Waals surface area contributed by atoms with E-state index in [2.05, 4.69) is 43.3 Å².